The SMILES string of the molecule is CCOc1cc(C(Oc2ccc(C(=N)N)cc2)C(=O)NCc2ccccc2)ccc1OC(C)C.O=C(O)C(F)(F)F. The first kappa shape index (κ1) is 32.5. The van der Waals surface area contributed by atoms with Crippen LogP contribution in [-0.4, -0.2) is 41.7 Å². The second kappa shape index (κ2) is 15.2. The van der Waals surface area contributed by atoms with Crippen LogP contribution >= 0.6 is 0 Å². The number of carboxylic acid groups (broad SMARTS) is 1. The zero-order valence-electron chi connectivity index (χ0n) is 22.7. The number of carbonyl (C=O) groups excluding carboxylic acids is 1. The van der Waals surface area contributed by atoms with Crippen LogP contribution in [0.1, 0.15) is 43.6 Å². The summed E-state index contributed by atoms with van der Waals surface area (Å²) in [6, 6.07) is 21.8. The molecule has 0 spiro atoms. The second-order valence-corrected chi connectivity index (χ2v) is 8.75. The number of benzene rings is 3. The van der Waals surface area contributed by atoms with Gasteiger partial charge in [0.05, 0.1) is 12.7 Å². The van der Waals surface area contributed by atoms with Crippen molar-refractivity contribution < 1.29 is 42.1 Å². The number of nitrogen functional groups attached to an aromatic ring is 1. The number of nitrogens with two attached hydrogens (primary N) is 1. The highest BCUT2D eigenvalue weighted by Crippen LogP contribution is 2.33. The molecule has 3 aromatic rings. The molecule has 0 radical (unpaired) electrons. The quantitative estimate of drug-likeness (QED) is 0.181. The molecule has 0 heterocycles. The van der Waals surface area contributed by atoms with Gasteiger partial charge < -0.3 is 30.4 Å². The number of alkyl halides is 3. The molecule has 3 aromatic carbocycles. The van der Waals surface area contributed by atoms with Crippen molar-refractivity contribution >= 4 is 17.7 Å². The number of nitrogens with one attached hydrogen (secondary N) is 2. The number of hydrogen-bond donors (Lipinski definition) is 4. The number of hydrogen-bond acceptors (Lipinski definition) is 6. The summed E-state index contributed by atoms with van der Waals surface area (Å²) in [5.41, 5.74) is 7.73. The third kappa shape index (κ3) is 10.7. The molecule has 1 atom stereocenters. The molecule has 220 valence electrons. The molecule has 0 aliphatic heterocycles. The van der Waals surface area contributed by atoms with Gasteiger partial charge in [-0.1, -0.05) is 36.4 Å². The summed E-state index contributed by atoms with van der Waals surface area (Å²) in [5.74, 6) is -1.46. The Bertz CT molecular complexity index is 1300. The predicted octanol–water partition coefficient (Wildman–Crippen LogP) is 5.23. The van der Waals surface area contributed by atoms with Crippen LogP contribution in [0.2, 0.25) is 0 Å². The molecule has 3 rings (SSSR count). The van der Waals surface area contributed by atoms with Crippen molar-refractivity contribution in [2.75, 3.05) is 6.61 Å². The van der Waals surface area contributed by atoms with Gasteiger partial charge in [0.15, 0.2) is 11.5 Å². The fourth-order valence-corrected chi connectivity index (χ4v) is 3.31. The third-order valence-electron chi connectivity index (χ3n) is 5.14. The predicted molar refractivity (Wildman–Crippen MR) is 146 cm³/mol. The molecular weight excluding hydrogens is 543 g/mol. The lowest BCUT2D eigenvalue weighted by Crippen LogP contribution is -2.32. The maximum Gasteiger partial charge on any atom is 0.490 e. The molecule has 0 aliphatic carbocycles. The number of rotatable bonds is 11. The number of carbonyl (C=O) groups is 2. The van der Waals surface area contributed by atoms with E-state index in [1.165, 1.54) is 0 Å². The van der Waals surface area contributed by atoms with E-state index >= 15 is 0 Å². The van der Waals surface area contributed by atoms with Gasteiger partial charge in [-0.2, -0.15) is 13.2 Å². The van der Waals surface area contributed by atoms with E-state index in [9.17, 15) is 18.0 Å². The van der Waals surface area contributed by atoms with Crippen LogP contribution in [0, 0.1) is 5.41 Å². The fourth-order valence-electron chi connectivity index (χ4n) is 3.31. The van der Waals surface area contributed by atoms with Crippen molar-refractivity contribution in [2.24, 2.45) is 5.73 Å². The van der Waals surface area contributed by atoms with E-state index in [-0.39, 0.29) is 17.8 Å². The summed E-state index contributed by atoms with van der Waals surface area (Å²) in [6.45, 7) is 6.60. The monoisotopic (exact) mass is 575 g/mol. The minimum absolute atomic E-state index is 0.0222. The third-order valence-corrected chi connectivity index (χ3v) is 5.14. The fraction of sp³-hybridized carbons (Fsp3) is 0.276. The number of amidine groups is 1. The molecule has 0 saturated carbocycles. The smallest absolute Gasteiger partial charge is 0.490 e. The summed E-state index contributed by atoms with van der Waals surface area (Å²) in [7, 11) is 0. The molecule has 41 heavy (non-hydrogen) atoms. The minimum Gasteiger partial charge on any atom is -0.490 e. The van der Waals surface area contributed by atoms with E-state index in [2.05, 4.69) is 5.32 Å². The Morgan fingerprint density at radius 3 is 2.10 bits per heavy atom. The minimum atomic E-state index is -5.08. The second-order valence-electron chi connectivity index (χ2n) is 8.75. The average Bonchev–Trinajstić information content (AvgIpc) is 2.92. The summed E-state index contributed by atoms with van der Waals surface area (Å²) in [5, 5.41) is 17.6. The maximum absolute atomic E-state index is 13.3. The van der Waals surface area contributed by atoms with Crippen molar-refractivity contribution in [3.05, 3.63) is 89.5 Å². The lowest BCUT2D eigenvalue weighted by Gasteiger charge is -2.21. The molecule has 1 unspecified atom stereocenters. The topological polar surface area (TPSA) is 144 Å². The summed E-state index contributed by atoms with van der Waals surface area (Å²) < 4.78 is 49.5. The van der Waals surface area contributed by atoms with Gasteiger partial charge in [-0.05, 0) is 62.7 Å². The Hall–Kier alpha value is -4.74. The van der Waals surface area contributed by atoms with Gasteiger partial charge in [0, 0.05) is 17.7 Å². The van der Waals surface area contributed by atoms with Gasteiger partial charge in [-0.15, -0.1) is 0 Å². The van der Waals surface area contributed by atoms with Crippen molar-refractivity contribution in [1.29, 1.82) is 5.41 Å². The normalized spacial score (nSPS) is 11.5. The zero-order valence-corrected chi connectivity index (χ0v) is 22.7. The zero-order chi connectivity index (χ0) is 30.6. The Morgan fingerprint density at radius 1 is 0.976 bits per heavy atom. The molecular formula is C29H32F3N3O6. The highest BCUT2D eigenvalue weighted by Gasteiger charge is 2.38. The maximum atomic E-state index is 13.3. The summed E-state index contributed by atoms with van der Waals surface area (Å²) >= 11 is 0. The molecule has 0 bridgehead atoms. The molecule has 12 heteroatoms. The molecule has 0 fully saturated rings. The van der Waals surface area contributed by atoms with Crippen LogP contribution in [-0.2, 0) is 16.1 Å². The standard InChI is InChI=1S/C27H31N3O4.C2HF3O2/c1-4-32-24-16-21(12-15-23(24)33-18(2)3)25(27(31)30-17-19-8-6-5-7-9-19)34-22-13-10-20(11-14-22)26(28)29;3-2(4,5)1(6)7/h5-16,18,25H,4,17H2,1-3H3,(H3,28,29)(H,30,31);(H,6,7). The lowest BCUT2D eigenvalue weighted by molar-refractivity contribution is -0.192. The van der Waals surface area contributed by atoms with Crippen molar-refractivity contribution in [3.8, 4) is 17.2 Å². The number of carboxylic acids is 1. The Labute approximate surface area is 235 Å². The summed E-state index contributed by atoms with van der Waals surface area (Å²) in [6.07, 6.45) is -6.04. The summed E-state index contributed by atoms with van der Waals surface area (Å²) in [4.78, 5) is 22.2. The van der Waals surface area contributed by atoms with E-state index in [1.54, 1.807) is 42.5 Å². The largest absolute Gasteiger partial charge is 0.490 e. The van der Waals surface area contributed by atoms with Gasteiger partial charge in [0.2, 0.25) is 6.10 Å². The van der Waals surface area contributed by atoms with Gasteiger partial charge in [-0.3, -0.25) is 10.2 Å². The first-order chi connectivity index (χ1) is 19.3. The van der Waals surface area contributed by atoms with E-state index in [4.69, 9.17) is 35.3 Å². The number of aliphatic carboxylic acids is 1. The molecule has 0 aromatic heterocycles. The molecule has 9 nitrogen and oxygen atoms in total. The van der Waals surface area contributed by atoms with Crippen LogP contribution in [0.15, 0.2) is 72.8 Å². The van der Waals surface area contributed by atoms with Crippen LogP contribution in [0.4, 0.5) is 13.2 Å². The highest BCUT2D eigenvalue weighted by molar-refractivity contribution is 5.95. The number of halogens is 3. The highest BCUT2D eigenvalue weighted by atomic mass is 19.4. The van der Waals surface area contributed by atoms with Crippen molar-refractivity contribution in [3.63, 3.8) is 0 Å². The average molecular weight is 576 g/mol. The van der Waals surface area contributed by atoms with Gasteiger partial charge in [0.1, 0.15) is 11.6 Å². The molecule has 0 saturated heterocycles. The van der Waals surface area contributed by atoms with E-state index in [0.29, 0.717) is 41.5 Å². The van der Waals surface area contributed by atoms with Crippen molar-refractivity contribution in [1.82, 2.24) is 5.32 Å². The number of ether oxygens (including phenoxy) is 3. The van der Waals surface area contributed by atoms with Crippen molar-refractivity contribution in [2.45, 2.75) is 45.7 Å². The van der Waals surface area contributed by atoms with Gasteiger partial charge in [-0.25, -0.2) is 4.79 Å². The Morgan fingerprint density at radius 2 is 1.59 bits per heavy atom. The Balaban J connectivity index is 0.000000745. The van der Waals surface area contributed by atoms with Crippen LogP contribution in [0.25, 0.3) is 0 Å². The van der Waals surface area contributed by atoms with E-state index < -0.39 is 18.2 Å². The van der Waals surface area contributed by atoms with E-state index in [0.717, 1.165) is 5.56 Å². The first-order valence-electron chi connectivity index (χ1n) is 12.5. The molecule has 5 N–H and O–H groups in total. The van der Waals surface area contributed by atoms with Crippen LogP contribution < -0.4 is 25.3 Å². The lowest BCUT2D eigenvalue weighted by atomic mass is 10.1. The van der Waals surface area contributed by atoms with Gasteiger partial charge >= 0.3 is 12.1 Å². The van der Waals surface area contributed by atoms with Gasteiger partial charge in [0.25, 0.3) is 5.91 Å². The van der Waals surface area contributed by atoms with Crippen LogP contribution in [0.5, 0.6) is 17.2 Å². The van der Waals surface area contributed by atoms with E-state index in [1.807, 2.05) is 51.1 Å². The molecule has 1 amide bonds. The first-order valence-corrected chi connectivity index (χ1v) is 12.5. The molecule has 0 aliphatic rings. The number of amides is 1. The Kier molecular flexibility index (Phi) is 12.0. The van der Waals surface area contributed by atoms with Crippen LogP contribution in [0.3, 0.4) is 0 Å².